The van der Waals surface area contributed by atoms with E-state index in [1.54, 1.807) is 0 Å². The molecular formula is C14H22BrNS. The summed E-state index contributed by atoms with van der Waals surface area (Å²) in [4.78, 5) is 1.42. The van der Waals surface area contributed by atoms with Gasteiger partial charge in [0.25, 0.3) is 0 Å². The van der Waals surface area contributed by atoms with Crippen LogP contribution in [0.1, 0.15) is 56.9 Å². The van der Waals surface area contributed by atoms with Crippen molar-refractivity contribution in [1.29, 1.82) is 0 Å². The van der Waals surface area contributed by atoms with E-state index in [4.69, 9.17) is 0 Å². The lowest BCUT2D eigenvalue weighted by Crippen LogP contribution is -2.36. The van der Waals surface area contributed by atoms with Crippen LogP contribution in [0.4, 0.5) is 0 Å². The monoisotopic (exact) mass is 315 g/mol. The SMILES string of the molecule is CC(N[C@H](C)C1CCCCC1)c1sccc1Br. The van der Waals surface area contributed by atoms with E-state index in [2.05, 4.69) is 46.5 Å². The lowest BCUT2D eigenvalue weighted by Gasteiger charge is -2.30. The van der Waals surface area contributed by atoms with Crippen molar-refractivity contribution < 1.29 is 0 Å². The summed E-state index contributed by atoms with van der Waals surface area (Å²) < 4.78 is 1.25. The third kappa shape index (κ3) is 3.55. The van der Waals surface area contributed by atoms with E-state index in [9.17, 15) is 0 Å². The molecule has 2 atom stereocenters. The number of nitrogens with one attached hydrogen (secondary N) is 1. The number of thiophene rings is 1. The zero-order valence-electron chi connectivity index (χ0n) is 10.7. The van der Waals surface area contributed by atoms with Gasteiger partial charge in [0.15, 0.2) is 0 Å². The first-order chi connectivity index (χ1) is 8.18. The molecule has 1 aromatic rings. The minimum atomic E-state index is 0.460. The van der Waals surface area contributed by atoms with Crippen molar-refractivity contribution in [2.75, 3.05) is 0 Å². The van der Waals surface area contributed by atoms with E-state index >= 15 is 0 Å². The Bertz CT molecular complexity index is 344. The van der Waals surface area contributed by atoms with Gasteiger partial charge in [0.05, 0.1) is 0 Å². The predicted octanol–water partition coefficient (Wildman–Crippen LogP) is 5.13. The van der Waals surface area contributed by atoms with E-state index in [1.165, 1.54) is 41.5 Å². The van der Waals surface area contributed by atoms with E-state index in [0.717, 1.165) is 5.92 Å². The van der Waals surface area contributed by atoms with Gasteiger partial charge in [-0.2, -0.15) is 0 Å². The van der Waals surface area contributed by atoms with Gasteiger partial charge in [-0.3, -0.25) is 0 Å². The maximum atomic E-state index is 3.77. The summed E-state index contributed by atoms with van der Waals surface area (Å²) in [6.45, 7) is 4.63. The molecule has 0 radical (unpaired) electrons. The highest BCUT2D eigenvalue weighted by molar-refractivity contribution is 9.10. The van der Waals surface area contributed by atoms with Crippen LogP contribution in [-0.4, -0.2) is 6.04 Å². The van der Waals surface area contributed by atoms with Crippen molar-refractivity contribution >= 4 is 27.3 Å². The Balaban J connectivity index is 1.89. The second-order valence-corrected chi connectivity index (χ2v) is 7.01. The smallest absolute Gasteiger partial charge is 0.0399 e. The topological polar surface area (TPSA) is 12.0 Å². The molecule has 1 nitrogen and oxygen atoms in total. The lowest BCUT2D eigenvalue weighted by atomic mass is 9.84. The normalized spacial score (nSPS) is 21.4. The molecule has 96 valence electrons. The standard InChI is InChI=1S/C14H22BrNS/c1-10(12-6-4-3-5-7-12)16-11(2)14-13(15)8-9-17-14/h8-12,16H,3-7H2,1-2H3/t10-,11?/m1/s1. The summed E-state index contributed by atoms with van der Waals surface area (Å²) in [6.07, 6.45) is 7.11. The summed E-state index contributed by atoms with van der Waals surface area (Å²) in [6, 6.07) is 3.24. The van der Waals surface area contributed by atoms with E-state index in [0.29, 0.717) is 12.1 Å². The molecule has 17 heavy (non-hydrogen) atoms. The molecule has 1 aromatic heterocycles. The van der Waals surface area contributed by atoms with Gasteiger partial charge < -0.3 is 5.32 Å². The van der Waals surface area contributed by atoms with Crippen LogP contribution in [0.5, 0.6) is 0 Å². The fourth-order valence-electron chi connectivity index (χ4n) is 2.85. The Morgan fingerprint density at radius 1 is 1.29 bits per heavy atom. The average Bonchev–Trinajstić information content (AvgIpc) is 2.76. The highest BCUT2D eigenvalue weighted by Crippen LogP contribution is 2.31. The van der Waals surface area contributed by atoms with Crippen LogP contribution in [0.25, 0.3) is 0 Å². The minimum Gasteiger partial charge on any atom is -0.307 e. The molecule has 0 spiro atoms. The van der Waals surface area contributed by atoms with E-state index < -0.39 is 0 Å². The van der Waals surface area contributed by atoms with Gasteiger partial charge in [-0.1, -0.05) is 19.3 Å². The lowest BCUT2D eigenvalue weighted by molar-refractivity contribution is 0.269. The molecule has 3 heteroatoms. The molecule has 0 saturated heterocycles. The van der Waals surface area contributed by atoms with Gasteiger partial charge in [0, 0.05) is 21.4 Å². The molecule has 1 aliphatic carbocycles. The Labute approximate surface area is 117 Å². The molecule has 0 bridgehead atoms. The Hall–Kier alpha value is 0.140. The molecule has 1 saturated carbocycles. The predicted molar refractivity (Wildman–Crippen MR) is 79.6 cm³/mol. The highest BCUT2D eigenvalue weighted by atomic mass is 79.9. The van der Waals surface area contributed by atoms with Crippen LogP contribution >= 0.6 is 27.3 Å². The van der Waals surface area contributed by atoms with Crippen LogP contribution in [-0.2, 0) is 0 Å². The molecule has 1 aliphatic rings. The first-order valence-corrected chi connectivity index (χ1v) is 8.34. The summed E-state index contributed by atoms with van der Waals surface area (Å²) in [5.41, 5.74) is 0. The largest absolute Gasteiger partial charge is 0.307 e. The Morgan fingerprint density at radius 3 is 2.59 bits per heavy atom. The molecule has 1 fully saturated rings. The fraction of sp³-hybridized carbons (Fsp3) is 0.714. The van der Waals surface area contributed by atoms with Crippen molar-refractivity contribution in [3.63, 3.8) is 0 Å². The molecule has 1 unspecified atom stereocenters. The first-order valence-electron chi connectivity index (χ1n) is 6.67. The molecule has 1 heterocycles. The summed E-state index contributed by atoms with van der Waals surface area (Å²) in [5, 5.41) is 5.93. The summed E-state index contributed by atoms with van der Waals surface area (Å²) in [5.74, 6) is 0.880. The summed E-state index contributed by atoms with van der Waals surface area (Å²) in [7, 11) is 0. The van der Waals surface area contributed by atoms with Gasteiger partial charge in [-0.25, -0.2) is 0 Å². The zero-order chi connectivity index (χ0) is 12.3. The van der Waals surface area contributed by atoms with Crippen LogP contribution in [0.15, 0.2) is 15.9 Å². The molecule has 0 aliphatic heterocycles. The second kappa shape index (κ2) is 6.35. The van der Waals surface area contributed by atoms with E-state index in [-0.39, 0.29) is 0 Å². The Kier molecular flexibility index (Phi) is 5.07. The first kappa shape index (κ1) is 13.6. The van der Waals surface area contributed by atoms with Gasteiger partial charge in [0.2, 0.25) is 0 Å². The second-order valence-electron chi connectivity index (χ2n) is 5.21. The number of hydrogen-bond acceptors (Lipinski definition) is 2. The number of hydrogen-bond donors (Lipinski definition) is 1. The molecular weight excluding hydrogens is 294 g/mol. The third-order valence-electron chi connectivity index (χ3n) is 3.91. The van der Waals surface area contributed by atoms with Crippen molar-refractivity contribution in [3.05, 3.63) is 20.8 Å². The van der Waals surface area contributed by atoms with Crippen molar-refractivity contribution in [3.8, 4) is 0 Å². The quantitative estimate of drug-likeness (QED) is 0.812. The molecule has 0 amide bonds. The fourth-order valence-corrected chi connectivity index (χ4v) is 4.59. The van der Waals surface area contributed by atoms with Gasteiger partial charge in [-0.05, 0) is 60.0 Å². The van der Waals surface area contributed by atoms with E-state index in [1.807, 2.05) is 11.3 Å². The van der Waals surface area contributed by atoms with Crippen LogP contribution < -0.4 is 5.32 Å². The van der Waals surface area contributed by atoms with Crippen molar-refractivity contribution in [1.82, 2.24) is 5.32 Å². The van der Waals surface area contributed by atoms with Crippen LogP contribution in [0.3, 0.4) is 0 Å². The van der Waals surface area contributed by atoms with Crippen molar-refractivity contribution in [2.24, 2.45) is 5.92 Å². The highest BCUT2D eigenvalue weighted by Gasteiger charge is 2.22. The van der Waals surface area contributed by atoms with Crippen LogP contribution in [0.2, 0.25) is 0 Å². The Morgan fingerprint density at radius 2 is 2.00 bits per heavy atom. The number of halogens is 1. The molecule has 1 N–H and O–H groups in total. The summed E-state index contributed by atoms with van der Waals surface area (Å²) >= 11 is 5.46. The maximum absolute atomic E-state index is 3.77. The number of rotatable bonds is 4. The van der Waals surface area contributed by atoms with Gasteiger partial charge >= 0.3 is 0 Å². The minimum absolute atomic E-state index is 0.460. The van der Waals surface area contributed by atoms with Gasteiger partial charge in [0.1, 0.15) is 0 Å². The maximum Gasteiger partial charge on any atom is 0.0399 e. The third-order valence-corrected chi connectivity index (χ3v) is 5.96. The zero-order valence-corrected chi connectivity index (χ0v) is 13.1. The van der Waals surface area contributed by atoms with Crippen LogP contribution in [0, 0.1) is 5.92 Å². The average molecular weight is 316 g/mol. The van der Waals surface area contributed by atoms with Gasteiger partial charge in [-0.15, -0.1) is 11.3 Å². The molecule has 2 rings (SSSR count). The molecule has 0 aromatic carbocycles. The van der Waals surface area contributed by atoms with Crippen molar-refractivity contribution in [2.45, 2.75) is 58.0 Å².